The Labute approximate surface area is 153 Å². The maximum absolute atomic E-state index is 12.6. The van der Waals surface area contributed by atoms with Gasteiger partial charge in [0.1, 0.15) is 12.1 Å². The molecule has 1 aliphatic heterocycles. The number of hydrogen-bond donors (Lipinski definition) is 0. The first-order valence-corrected chi connectivity index (χ1v) is 9.11. The van der Waals surface area contributed by atoms with Gasteiger partial charge in [-0.2, -0.15) is 0 Å². The molecule has 140 valence electrons. The van der Waals surface area contributed by atoms with Gasteiger partial charge in [-0.1, -0.05) is 5.16 Å². The first-order chi connectivity index (χ1) is 12.5. The van der Waals surface area contributed by atoms with E-state index in [1.807, 2.05) is 31.7 Å². The molecular formula is C19H26N4O3. The van der Waals surface area contributed by atoms with Gasteiger partial charge in [-0.3, -0.25) is 4.79 Å². The Morgan fingerprint density at radius 3 is 2.85 bits per heavy atom. The molecule has 0 spiro atoms. The van der Waals surface area contributed by atoms with Crippen LogP contribution in [0.5, 0.6) is 0 Å². The third-order valence-corrected chi connectivity index (χ3v) is 4.84. The zero-order valence-electron chi connectivity index (χ0n) is 15.7. The van der Waals surface area contributed by atoms with Gasteiger partial charge in [0.15, 0.2) is 0 Å². The van der Waals surface area contributed by atoms with Crippen molar-refractivity contribution in [2.24, 2.45) is 0 Å². The molecule has 1 unspecified atom stereocenters. The summed E-state index contributed by atoms with van der Waals surface area (Å²) in [6.45, 7) is 7.65. The number of hydrogen-bond acceptors (Lipinski definition) is 6. The van der Waals surface area contributed by atoms with Crippen LogP contribution in [-0.2, 0) is 22.4 Å². The zero-order valence-corrected chi connectivity index (χ0v) is 15.7. The fourth-order valence-corrected chi connectivity index (χ4v) is 3.32. The Kier molecular flexibility index (Phi) is 5.98. The van der Waals surface area contributed by atoms with Gasteiger partial charge in [0.25, 0.3) is 0 Å². The first kappa shape index (κ1) is 18.5. The van der Waals surface area contributed by atoms with E-state index in [1.165, 1.54) is 0 Å². The molecule has 1 amide bonds. The van der Waals surface area contributed by atoms with Crippen molar-refractivity contribution in [3.05, 3.63) is 40.8 Å². The summed E-state index contributed by atoms with van der Waals surface area (Å²) in [7, 11) is 0. The number of amides is 1. The summed E-state index contributed by atoms with van der Waals surface area (Å²) < 4.78 is 11.0. The van der Waals surface area contributed by atoms with Gasteiger partial charge in [-0.15, -0.1) is 0 Å². The lowest BCUT2D eigenvalue weighted by Crippen LogP contribution is -2.45. The minimum Gasteiger partial charge on any atom is -0.375 e. The van der Waals surface area contributed by atoms with Gasteiger partial charge in [-0.05, 0) is 46.1 Å². The van der Waals surface area contributed by atoms with Crippen LogP contribution < -0.4 is 0 Å². The number of ether oxygens (including phenoxy) is 1. The molecule has 1 saturated heterocycles. The van der Waals surface area contributed by atoms with E-state index in [0.717, 1.165) is 41.2 Å². The zero-order chi connectivity index (χ0) is 18.5. The second kappa shape index (κ2) is 8.40. The van der Waals surface area contributed by atoms with Crippen molar-refractivity contribution in [3.8, 4) is 0 Å². The summed E-state index contributed by atoms with van der Waals surface area (Å²) >= 11 is 0. The third-order valence-electron chi connectivity index (χ3n) is 4.84. The fraction of sp³-hybridized carbons (Fsp3) is 0.579. The number of carbonyl (C=O) groups is 1. The number of aryl methyl sites for hydroxylation is 4. The van der Waals surface area contributed by atoms with Gasteiger partial charge in [0.05, 0.1) is 18.4 Å². The van der Waals surface area contributed by atoms with Gasteiger partial charge in [0.2, 0.25) is 5.91 Å². The average molecular weight is 358 g/mol. The number of aromatic nitrogens is 3. The van der Waals surface area contributed by atoms with E-state index < -0.39 is 0 Å². The highest BCUT2D eigenvalue weighted by Crippen LogP contribution is 2.17. The van der Waals surface area contributed by atoms with Crippen molar-refractivity contribution in [3.63, 3.8) is 0 Å². The summed E-state index contributed by atoms with van der Waals surface area (Å²) in [4.78, 5) is 22.9. The lowest BCUT2D eigenvalue weighted by Gasteiger charge is -2.33. The summed E-state index contributed by atoms with van der Waals surface area (Å²) in [5, 5.41) is 3.95. The van der Waals surface area contributed by atoms with Gasteiger partial charge >= 0.3 is 0 Å². The van der Waals surface area contributed by atoms with Gasteiger partial charge < -0.3 is 14.2 Å². The lowest BCUT2D eigenvalue weighted by atomic mass is 10.1. The van der Waals surface area contributed by atoms with E-state index in [-0.39, 0.29) is 12.0 Å². The molecule has 3 heterocycles. The summed E-state index contributed by atoms with van der Waals surface area (Å²) in [5.41, 5.74) is 3.90. The van der Waals surface area contributed by atoms with Crippen molar-refractivity contribution >= 4 is 5.91 Å². The molecule has 2 aromatic heterocycles. The van der Waals surface area contributed by atoms with E-state index in [4.69, 9.17) is 9.26 Å². The molecule has 1 fully saturated rings. The number of nitrogens with zero attached hydrogens (tertiary/aromatic N) is 4. The van der Waals surface area contributed by atoms with Gasteiger partial charge in [0, 0.05) is 36.5 Å². The molecule has 3 rings (SSSR count). The van der Waals surface area contributed by atoms with Crippen LogP contribution in [0.25, 0.3) is 0 Å². The van der Waals surface area contributed by atoms with Crippen molar-refractivity contribution in [1.82, 2.24) is 20.0 Å². The summed E-state index contributed by atoms with van der Waals surface area (Å²) in [5.74, 6) is 0.964. The van der Waals surface area contributed by atoms with Crippen LogP contribution in [0.1, 0.15) is 41.2 Å². The molecule has 26 heavy (non-hydrogen) atoms. The molecule has 0 aromatic carbocycles. The molecule has 0 saturated carbocycles. The summed E-state index contributed by atoms with van der Waals surface area (Å²) in [6.07, 6.45) is 4.47. The van der Waals surface area contributed by atoms with E-state index in [0.29, 0.717) is 32.5 Å². The van der Waals surface area contributed by atoms with Crippen LogP contribution in [0.3, 0.4) is 0 Å². The monoisotopic (exact) mass is 358 g/mol. The highest BCUT2D eigenvalue weighted by molar-refractivity contribution is 5.76. The third kappa shape index (κ3) is 4.66. The normalized spacial score (nSPS) is 17.5. The molecule has 0 N–H and O–H groups in total. The van der Waals surface area contributed by atoms with E-state index in [2.05, 4.69) is 15.1 Å². The minimum absolute atomic E-state index is 0.0574. The summed E-state index contributed by atoms with van der Waals surface area (Å²) in [6, 6.07) is 2.00. The topological polar surface area (TPSA) is 81.4 Å². The largest absolute Gasteiger partial charge is 0.375 e. The molecule has 7 nitrogen and oxygen atoms in total. The van der Waals surface area contributed by atoms with Crippen LogP contribution in [0.15, 0.2) is 16.9 Å². The average Bonchev–Trinajstić information content (AvgIpc) is 2.96. The van der Waals surface area contributed by atoms with Crippen molar-refractivity contribution in [2.75, 3.05) is 19.7 Å². The van der Waals surface area contributed by atoms with Crippen LogP contribution in [0, 0.1) is 20.8 Å². The van der Waals surface area contributed by atoms with E-state index >= 15 is 0 Å². The molecule has 1 atom stereocenters. The van der Waals surface area contributed by atoms with Gasteiger partial charge in [-0.25, -0.2) is 9.97 Å². The number of rotatable bonds is 6. The lowest BCUT2D eigenvalue weighted by molar-refractivity contribution is -0.138. The highest BCUT2D eigenvalue weighted by atomic mass is 16.5. The SMILES string of the molecule is Cc1cc(CCC2CN(C(=O)CCc3c(C)noc3C)CCO2)ncn1. The predicted octanol–water partition coefficient (Wildman–Crippen LogP) is 2.18. The maximum Gasteiger partial charge on any atom is 0.223 e. The minimum atomic E-state index is 0.0574. The van der Waals surface area contributed by atoms with Crippen LogP contribution in [0.2, 0.25) is 0 Å². The first-order valence-electron chi connectivity index (χ1n) is 9.11. The molecule has 0 radical (unpaired) electrons. The van der Waals surface area contributed by atoms with Crippen molar-refractivity contribution in [1.29, 1.82) is 0 Å². The van der Waals surface area contributed by atoms with E-state index in [9.17, 15) is 4.79 Å². The maximum atomic E-state index is 12.6. The standard InChI is InChI=1S/C19H26N4O3/c1-13-10-16(21-12-20-13)4-5-17-11-23(8-9-25-17)19(24)7-6-18-14(2)22-26-15(18)3/h10,12,17H,4-9,11H2,1-3H3. The smallest absolute Gasteiger partial charge is 0.223 e. The van der Waals surface area contributed by atoms with Crippen LogP contribution in [0.4, 0.5) is 0 Å². The Morgan fingerprint density at radius 1 is 1.27 bits per heavy atom. The molecule has 1 aliphatic rings. The second-order valence-corrected chi connectivity index (χ2v) is 6.82. The second-order valence-electron chi connectivity index (χ2n) is 6.82. The molecular weight excluding hydrogens is 332 g/mol. The Balaban J connectivity index is 1.48. The van der Waals surface area contributed by atoms with Crippen molar-refractivity contribution in [2.45, 2.75) is 52.6 Å². The Bertz CT molecular complexity index is 739. The van der Waals surface area contributed by atoms with E-state index in [1.54, 1.807) is 6.33 Å². The molecule has 2 aromatic rings. The highest BCUT2D eigenvalue weighted by Gasteiger charge is 2.24. The Morgan fingerprint density at radius 2 is 2.12 bits per heavy atom. The van der Waals surface area contributed by atoms with Crippen LogP contribution >= 0.6 is 0 Å². The molecule has 0 aliphatic carbocycles. The fourth-order valence-electron chi connectivity index (χ4n) is 3.32. The van der Waals surface area contributed by atoms with Crippen LogP contribution in [-0.4, -0.2) is 51.7 Å². The number of morpholine rings is 1. The Hall–Kier alpha value is -2.28. The predicted molar refractivity (Wildman–Crippen MR) is 95.7 cm³/mol. The quantitative estimate of drug-likeness (QED) is 0.787. The molecule has 0 bridgehead atoms. The van der Waals surface area contributed by atoms with Crippen molar-refractivity contribution < 1.29 is 14.1 Å². The molecule has 7 heteroatoms. The number of carbonyl (C=O) groups excluding carboxylic acids is 1.